The summed E-state index contributed by atoms with van der Waals surface area (Å²) >= 11 is 0. The third kappa shape index (κ3) is 4.17. The number of nitrogens with two attached hydrogens (primary N) is 1. The van der Waals surface area contributed by atoms with Crippen molar-refractivity contribution in [3.05, 3.63) is 0 Å². The Morgan fingerprint density at radius 2 is 2.11 bits per heavy atom. The molecule has 112 valence electrons. The maximum absolute atomic E-state index is 6.06. The normalized spacial score (nSPS) is 34.4. The molecule has 2 unspecified atom stereocenters. The quantitative estimate of drug-likeness (QED) is 0.851. The largest absolute Gasteiger partial charge is 0.381 e. The van der Waals surface area contributed by atoms with Gasteiger partial charge in [-0.25, -0.2) is 0 Å². The van der Waals surface area contributed by atoms with Crippen LogP contribution in [0.25, 0.3) is 0 Å². The molecular weight excluding hydrogens is 236 g/mol. The molecule has 0 amide bonds. The highest BCUT2D eigenvalue weighted by molar-refractivity contribution is 4.87. The summed E-state index contributed by atoms with van der Waals surface area (Å²) in [6, 6.07) is 0. The van der Waals surface area contributed by atoms with Gasteiger partial charge in [-0.05, 0) is 57.0 Å². The third-order valence-electron chi connectivity index (χ3n) is 5.20. The molecule has 0 saturated carbocycles. The van der Waals surface area contributed by atoms with E-state index < -0.39 is 0 Å². The van der Waals surface area contributed by atoms with Crippen LogP contribution in [-0.2, 0) is 4.74 Å². The van der Waals surface area contributed by atoms with Crippen LogP contribution in [0.4, 0.5) is 0 Å². The molecule has 19 heavy (non-hydrogen) atoms. The van der Waals surface area contributed by atoms with Gasteiger partial charge in [0, 0.05) is 25.1 Å². The van der Waals surface area contributed by atoms with Crippen LogP contribution < -0.4 is 5.73 Å². The van der Waals surface area contributed by atoms with Crippen molar-refractivity contribution in [2.45, 2.75) is 46.0 Å². The molecule has 2 fully saturated rings. The zero-order valence-corrected chi connectivity index (χ0v) is 12.9. The van der Waals surface area contributed by atoms with Crippen molar-refractivity contribution in [2.24, 2.45) is 23.0 Å². The summed E-state index contributed by atoms with van der Waals surface area (Å²) in [7, 11) is 0. The Kier molecular flexibility index (Phi) is 5.67. The minimum Gasteiger partial charge on any atom is -0.381 e. The van der Waals surface area contributed by atoms with Crippen LogP contribution in [0, 0.1) is 17.3 Å². The van der Waals surface area contributed by atoms with E-state index >= 15 is 0 Å². The summed E-state index contributed by atoms with van der Waals surface area (Å²) in [6.07, 6.45) is 6.54. The van der Waals surface area contributed by atoms with E-state index in [9.17, 15) is 0 Å². The van der Waals surface area contributed by atoms with Gasteiger partial charge in [-0.3, -0.25) is 0 Å². The molecular formula is C16H32N2O. The average Bonchev–Trinajstić information content (AvgIpc) is 2.65. The predicted molar refractivity (Wildman–Crippen MR) is 80.2 cm³/mol. The second kappa shape index (κ2) is 7.05. The van der Waals surface area contributed by atoms with Crippen molar-refractivity contribution in [1.29, 1.82) is 0 Å². The van der Waals surface area contributed by atoms with Crippen LogP contribution in [-0.4, -0.2) is 44.3 Å². The molecule has 0 aromatic rings. The van der Waals surface area contributed by atoms with Gasteiger partial charge >= 0.3 is 0 Å². The second-order valence-electron chi connectivity index (χ2n) is 7.07. The molecule has 0 aromatic heterocycles. The fraction of sp³-hybridized carbons (Fsp3) is 1.00. The molecule has 0 aromatic carbocycles. The fourth-order valence-electron chi connectivity index (χ4n) is 3.74. The molecule has 2 aliphatic heterocycles. The van der Waals surface area contributed by atoms with E-state index in [1.807, 2.05) is 0 Å². The van der Waals surface area contributed by atoms with Gasteiger partial charge in [-0.1, -0.05) is 13.8 Å². The minimum atomic E-state index is 0.232. The van der Waals surface area contributed by atoms with Gasteiger partial charge in [0.25, 0.3) is 0 Å². The van der Waals surface area contributed by atoms with Crippen molar-refractivity contribution in [3.8, 4) is 0 Å². The van der Waals surface area contributed by atoms with Crippen molar-refractivity contribution in [2.75, 3.05) is 39.4 Å². The summed E-state index contributed by atoms with van der Waals surface area (Å²) in [5.41, 5.74) is 6.30. The fourth-order valence-corrected chi connectivity index (χ4v) is 3.74. The monoisotopic (exact) mass is 268 g/mol. The number of hydrogen-bond acceptors (Lipinski definition) is 3. The molecule has 3 nitrogen and oxygen atoms in total. The van der Waals surface area contributed by atoms with Crippen LogP contribution in [0.3, 0.4) is 0 Å². The van der Waals surface area contributed by atoms with Gasteiger partial charge in [0.15, 0.2) is 0 Å². The predicted octanol–water partition coefficient (Wildman–Crippen LogP) is 2.50. The van der Waals surface area contributed by atoms with Crippen molar-refractivity contribution in [1.82, 2.24) is 4.90 Å². The summed E-state index contributed by atoms with van der Waals surface area (Å²) in [5.74, 6) is 1.75. The topological polar surface area (TPSA) is 38.5 Å². The Morgan fingerprint density at radius 3 is 2.74 bits per heavy atom. The Hall–Kier alpha value is -0.120. The Balaban J connectivity index is 1.87. The van der Waals surface area contributed by atoms with Crippen molar-refractivity contribution >= 4 is 0 Å². The number of rotatable bonds is 4. The maximum atomic E-state index is 6.06. The van der Waals surface area contributed by atoms with Gasteiger partial charge in [0.2, 0.25) is 0 Å². The van der Waals surface area contributed by atoms with Crippen LogP contribution >= 0.6 is 0 Å². The highest BCUT2D eigenvalue weighted by atomic mass is 16.5. The molecule has 0 bridgehead atoms. The smallest absolute Gasteiger partial charge is 0.0546 e. The lowest BCUT2D eigenvalue weighted by atomic mass is 9.82. The molecule has 2 rings (SSSR count). The number of ether oxygens (including phenoxy) is 1. The van der Waals surface area contributed by atoms with Gasteiger partial charge in [0.05, 0.1) is 6.61 Å². The SMILES string of the molecule is CC(C)C1CCCN(CC2(CN)CCCOC2)CC1. The van der Waals surface area contributed by atoms with Crippen molar-refractivity contribution in [3.63, 3.8) is 0 Å². The van der Waals surface area contributed by atoms with Crippen LogP contribution in [0.5, 0.6) is 0 Å². The molecule has 2 atom stereocenters. The van der Waals surface area contributed by atoms with Gasteiger partial charge in [-0.15, -0.1) is 0 Å². The zero-order chi connectivity index (χ0) is 13.7. The van der Waals surface area contributed by atoms with E-state index in [0.29, 0.717) is 0 Å². The molecule has 0 spiro atoms. The van der Waals surface area contributed by atoms with Crippen LogP contribution in [0.1, 0.15) is 46.0 Å². The lowest BCUT2D eigenvalue weighted by molar-refractivity contribution is -0.0215. The Morgan fingerprint density at radius 1 is 1.26 bits per heavy atom. The molecule has 2 heterocycles. The van der Waals surface area contributed by atoms with Gasteiger partial charge < -0.3 is 15.4 Å². The van der Waals surface area contributed by atoms with E-state index in [-0.39, 0.29) is 5.41 Å². The lowest BCUT2D eigenvalue weighted by Gasteiger charge is -2.40. The summed E-state index contributed by atoms with van der Waals surface area (Å²) in [6.45, 7) is 11.0. The van der Waals surface area contributed by atoms with Crippen LogP contribution in [0.2, 0.25) is 0 Å². The molecule has 2 saturated heterocycles. The van der Waals surface area contributed by atoms with E-state index in [4.69, 9.17) is 10.5 Å². The Bertz CT molecular complexity index is 261. The highest BCUT2D eigenvalue weighted by Crippen LogP contribution is 2.31. The highest BCUT2D eigenvalue weighted by Gasteiger charge is 2.34. The molecule has 2 N–H and O–H groups in total. The second-order valence-corrected chi connectivity index (χ2v) is 7.07. The van der Waals surface area contributed by atoms with Gasteiger partial charge in [0.1, 0.15) is 0 Å². The molecule has 2 aliphatic rings. The van der Waals surface area contributed by atoms with E-state index in [1.165, 1.54) is 45.2 Å². The minimum absolute atomic E-state index is 0.232. The average molecular weight is 268 g/mol. The first-order chi connectivity index (χ1) is 9.15. The first-order valence-electron chi connectivity index (χ1n) is 8.15. The number of nitrogens with zero attached hydrogens (tertiary/aromatic N) is 1. The summed E-state index contributed by atoms with van der Waals surface area (Å²) in [5, 5.41) is 0. The van der Waals surface area contributed by atoms with E-state index in [0.717, 1.165) is 38.1 Å². The van der Waals surface area contributed by atoms with Crippen LogP contribution in [0.15, 0.2) is 0 Å². The first kappa shape index (κ1) is 15.3. The zero-order valence-electron chi connectivity index (χ0n) is 12.9. The van der Waals surface area contributed by atoms with E-state index in [1.54, 1.807) is 0 Å². The maximum Gasteiger partial charge on any atom is 0.0546 e. The molecule has 0 aliphatic carbocycles. The number of likely N-dealkylation sites (tertiary alicyclic amines) is 1. The Labute approximate surface area is 118 Å². The summed E-state index contributed by atoms with van der Waals surface area (Å²) < 4.78 is 5.70. The molecule has 0 radical (unpaired) electrons. The lowest BCUT2D eigenvalue weighted by Crippen LogP contribution is -2.48. The standard InChI is InChI=1S/C16H32N2O/c1-14(2)15-5-3-8-18(9-6-15)12-16(11-17)7-4-10-19-13-16/h14-15H,3-13,17H2,1-2H3. The first-order valence-corrected chi connectivity index (χ1v) is 8.15. The summed E-state index contributed by atoms with van der Waals surface area (Å²) in [4.78, 5) is 2.66. The van der Waals surface area contributed by atoms with E-state index in [2.05, 4.69) is 18.7 Å². The molecule has 3 heteroatoms. The van der Waals surface area contributed by atoms with Gasteiger partial charge in [-0.2, -0.15) is 0 Å². The number of hydrogen-bond donors (Lipinski definition) is 1. The van der Waals surface area contributed by atoms with Crippen molar-refractivity contribution < 1.29 is 4.74 Å². The third-order valence-corrected chi connectivity index (χ3v) is 5.20.